The van der Waals surface area contributed by atoms with Gasteiger partial charge in [-0.1, -0.05) is 12.1 Å². The van der Waals surface area contributed by atoms with Crippen LogP contribution in [-0.4, -0.2) is 32.5 Å². The van der Waals surface area contributed by atoms with Crippen molar-refractivity contribution in [3.8, 4) is 5.75 Å². The zero-order valence-corrected chi connectivity index (χ0v) is 12.4. The summed E-state index contributed by atoms with van der Waals surface area (Å²) in [6.45, 7) is 1.59. The summed E-state index contributed by atoms with van der Waals surface area (Å²) in [6, 6.07) is 5.90. The van der Waals surface area contributed by atoms with Crippen LogP contribution in [0.15, 0.2) is 29.3 Å². The monoisotopic (exact) mass is 315 g/mol. The van der Waals surface area contributed by atoms with Crippen molar-refractivity contribution in [1.82, 2.24) is 10.6 Å². The SMILES string of the molecule is CN=C(NCCc1ccc(OC(F)(F)F)cc1)NCC1CC1. The van der Waals surface area contributed by atoms with E-state index in [0.717, 1.165) is 24.0 Å². The first kappa shape index (κ1) is 16.5. The van der Waals surface area contributed by atoms with Crippen molar-refractivity contribution in [1.29, 1.82) is 0 Å². The number of hydrogen-bond donors (Lipinski definition) is 2. The second-order valence-corrected chi connectivity index (χ2v) is 5.27. The van der Waals surface area contributed by atoms with Crippen LogP contribution in [0.2, 0.25) is 0 Å². The first-order valence-corrected chi connectivity index (χ1v) is 7.25. The lowest BCUT2D eigenvalue weighted by Gasteiger charge is -2.12. The second kappa shape index (κ2) is 7.38. The van der Waals surface area contributed by atoms with Crippen LogP contribution in [0.3, 0.4) is 0 Å². The third-order valence-electron chi connectivity index (χ3n) is 3.34. The minimum Gasteiger partial charge on any atom is -0.406 e. The van der Waals surface area contributed by atoms with E-state index in [9.17, 15) is 13.2 Å². The highest BCUT2D eigenvalue weighted by Gasteiger charge is 2.30. The van der Waals surface area contributed by atoms with Crippen molar-refractivity contribution in [2.24, 2.45) is 10.9 Å². The van der Waals surface area contributed by atoms with Crippen LogP contribution in [0.1, 0.15) is 18.4 Å². The summed E-state index contributed by atoms with van der Waals surface area (Å²) in [5.41, 5.74) is 0.930. The van der Waals surface area contributed by atoms with Gasteiger partial charge in [0.2, 0.25) is 0 Å². The van der Waals surface area contributed by atoms with Crippen molar-refractivity contribution in [3.05, 3.63) is 29.8 Å². The minimum absolute atomic E-state index is 0.203. The van der Waals surface area contributed by atoms with Gasteiger partial charge in [0.05, 0.1) is 0 Å². The smallest absolute Gasteiger partial charge is 0.406 e. The molecule has 7 heteroatoms. The Labute approximate surface area is 127 Å². The Balaban J connectivity index is 1.71. The Morgan fingerprint density at radius 3 is 2.45 bits per heavy atom. The van der Waals surface area contributed by atoms with Crippen LogP contribution in [0.25, 0.3) is 0 Å². The predicted molar refractivity (Wildman–Crippen MR) is 78.9 cm³/mol. The van der Waals surface area contributed by atoms with E-state index in [-0.39, 0.29) is 5.75 Å². The molecule has 1 aromatic rings. The maximum atomic E-state index is 12.1. The molecule has 0 spiro atoms. The molecule has 1 aliphatic rings. The number of rotatable bonds is 6. The zero-order chi connectivity index (χ0) is 16.0. The molecular formula is C15H20F3N3O. The molecule has 22 heavy (non-hydrogen) atoms. The number of halogens is 3. The Hall–Kier alpha value is -1.92. The van der Waals surface area contributed by atoms with Gasteiger partial charge in [0.25, 0.3) is 0 Å². The molecule has 0 unspecified atom stereocenters. The molecule has 0 amide bonds. The number of nitrogens with zero attached hydrogens (tertiary/aromatic N) is 1. The summed E-state index contributed by atoms with van der Waals surface area (Å²) in [6.07, 6.45) is -1.41. The van der Waals surface area contributed by atoms with Gasteiger partial charge in [0.1, 0.15) is 5.75 Å². The average molecular weight is 315 g/mol. The number of aliphatic imine (C=N–C) groups is 1. The van der Waals surface area contributed by atoms with Crippen molar-refractivity contribution < 1.29 is 17.9 Å². The fraction of sp³-hybridized carbons (Fsp3) is 0.533. The summed E-state index contributed by atoms with van der Waals surface area (Å²) in [7, 11) is 1.71. The number of hydrogen-bond acceptors (Lipinski definition) is 2. The maximum absolute atomic E-state index is 12.1. The van der Waals surface area contributed by atoms with E-state index in [1.807, 2.05) is 0 Å². The van der Waals surface area contributed by atoms with Gasteiger partial charge >= 0.3 is 6.36 Å². The van der Waals surface area contributed by atoms with Crippen LogP contribution in [0.4, 0.5) is 13.2 Å². The average Bonchev–Trinajstić information content (AvgIpc) is 3.27. The highest BCUT2D eigenvalue weighted by atomic mass is 19.4. The van der Waals surface area contributed by atoms with Crippen molar-refractivity contribution in [3.63, 3.8) is 0 Å². The molecule has 1 fully saturated rings. The molecule has 4 nitrogen and oxygen atoms in total. The van der Waals surface area contributed by atoms with Crippen molar-refractivity contribution >= 4 is 5.96 Å². The van der Waals surface area contributed by atoms with Crippen LogP contribution in [0.5, 0.6) is 5.75 Å². The molecule has 2 rings (SSSR count). The molecule has 0 aliphatic heterocycles. The topological polar surface area (TPSA) is 45.7 Å². The molecule has 1 aliphatic carbocycles. The molecule has 122 valence electrons. The highest BCUT2D eigenvalue weighted by Crippen LogP contribution is 2.27. The van der Waals surface area contributed by atoms with E-state index in [2.05, 4.69) is 20.4 Å². The molecule has 0 heterocycles. The minimum atomic E-state index is -4.65. The molecule has 1 saturated carbocycles. The van der Waals surface area contributed by atoms with E-state index in [1.54, 1.807) is 19.2 Å². The molecular weight excluding hydrogens is 295 g/mol. The third kappa shape index (κ3) is 6.24. The Morgan fingerprint density at radius 1 is 1.23 bits per heavy atom. The van der Waals surface area contributed by atoms with Crippen LogP contribution in [-0.2, 0) is 6.42 Å². The Bertz CT molecular complexity index is 496. The van der Waals surface area contributed by atoms with E-state index in [0.29, 0.717) is 13.0 Å². The van der Waals surface area contributed by atoms with Crippen molar-refractivity contribution in [2.45, 2.75) is 25.6 Å². The number of guanidine groups is 1. The third-order valence-corrected chi connectivity index (χ3v) is 3.34. The fourth-order valence-electron chi connectivity index (χ4n) is 1.97. The molecule has 0 atom stereocenters. The maximum Gasteiger partial charge on any atom is 0.573 e. The standard InChI is InChI=1S/C15H20F3N3O/c1-19-14(21-10-12-2-3-12)20-9-8-11-4-6-13(7-5-11)22-15(16,17)18/h4-7,12H,2-3,8-10H2,1H3,(H2,19,20,21). The van der Waals surface area contributed by atoms with Gasteiger partial charge in [-0.05, 0) is 42.9 Å². The lowest BCUT2D eigenvalue weighted by molar-refractivity contribution is -0.274. The van der Waals surface area contributed by atoms with E-state index < -0.39 is 6.36 Å². The van der Waals surface area contributed by atoms with Crippen LogP contribution in [0, 0.1) is 5.92 Å². The zero-order valence-electron chi connectivity index (χ0n) is 12.4. The van der Waals surface area contributed by atoms with Crippen LogP contribution < -0.4 is 15.4 Å². The number of ether oxygens (including phenoxy) is 1. The molecule has 0 radical (unpaired) electrons. The molecule has 0 saturated heterocycles. The summed E-state index contributed by atoms with van der Waals surface area (Å²) in [5.74, 6) is 1.31. The van der Waals surface area contributed by atoms with Gasteiger partial charge in [0, 0.05) is 20.1 Å². The summed E-state index contributed by atoms with van der Waals surface area (Å²) >= 11 is 0. The Kier molecular flexibility index (Phi) is 5.51. The first-order chi connectivity index (χ1) is 10.5. The predicted octanol–water partition coefficient (Wildman–Crippen LogP) is 2.70. The molecule has 0 aromatic heterocycles. The first-order valence-electron chi connectivity index (χ1n) is 7.25. The molecule has 0 bridgehead atoms. The van der Waals surface area contributed by atoms with Gasteiger partial charge in [-0.25, -0.2) is 0 Å². The largest absolute Gasteiger partial charge is 0.573 e. The lowest BCUT2D eigenvalue weighted by Crippen LogP contribution is -2.39. The summed E-state index contributed by atoms with van der Waals surface area (Å²) in [4.78, 5) is 4.12. The van der Waals surface area contributed by atoms with Gasteiger partial charge in [-0.2, -0.15) is 0 Å². The van der Waals surface area contributed by atoms with E-state index >= 15 is 0 Å². The molecule has 1 aromatic carbocycles. The number of benzene rings is 1. The Morgan fingerprint density at radius 2 is 1.91 bits per heavy atom. The molecule has 2 N–H and O–H groups in total. The fourth-order valence-corrected chi connectivity index (χ4v) is 1.97. The van der Waals surface area contributed by atoms with Gasteiger partial charge in [-0.3, -0.25) is 4.99 Å². The van der Waals surface area contributed by atoms with Gasteiger partial charge in [-0.15, -0.1) is 13.2 Å². The second-order valence-electron chi connectivity index (χ2n) is 5.27. The quantitative estimate of drug-likeness (QED) is 0.627. The van der Waals surface area contributed by atoms with E-state index in [1.165, 1.54) is 25.0 Å². The normalized spacial score (nSPS) is 15.5. The summed E-state index contributed by atoms with van der Waals surface area (Å²) in [5, 5.41) is 6.43. The van der Waals surface area contributed by atoms with Crippen LogP contribution >= 0.6 is 0 Å². The van der Waals surface area contributed by atoms with Gasteiger partial charge < -0.3 is 15.4 Å². The number of nitrogens with one attached hydrogen (secondary N) is 2. The summed E-state index contributed by atoms with van der Waals surface area (Å²) < 4.78 is 40.0. The van der Waals surface area contributed by atoms with Crippen molar-refractivity contribution in [2.75, 3.05) is 20.1 Å². The van der Waals surface area contributed by atoms with E-state index in [4.69, 9.17) is 0 Å². The lowest BCUT2D eigenvalue weighted by atomic mass is 10.1. The number of alkyl halides is 3. The highest BCUT2D eigenvalue weighted by molar-refractivity contribution is 5.79. The van der Waals surface area contributed by atoms with Gasteiger partial charge in [0.15, 0.2) is 5.96 Å².